The maximum Gasteiger partial charge on any atom is 0.249 e. The topological polar surface area (TPSA) is 38.9 Å². The first-order valence-corrected chi connectivity index (χ1v) is 5.20. The van der Waals surface area contributed by atoms with Gasteiger partial charge >= 0.3 is 0 Å². The zero-order chi connectivity index (χ0) is 11.3. The molecule has 2 aromatic rings. The van der Waals surface area contributed by atoms with Crippen LogP contribution in [0.1, 0.15) is 19.7 Å². The number of nitrogens with zero attached hydrogens (tertiary/aromatic N) is 2. The standard InChI is InChI=1S/C9H7ClN2O.C2H6/c1-6-11-12-9(13-6)7-4-2-3-5-8(7)10;1-2/h2-5H,1H3;1-2H3. The lowest BCUT2D eigenvalue weighted by Crippen LogP contribution is -1.78. The molecular weight excluding hydrogens is 212 g/mol. The van der Waals surface area contributed by atoms with Crippen molar-refractivity contribution in [2.24, 2.45) is 0 Å². The lowest BCUT2D eigenvalue weighted by Gasteiger charge is -1.95. The summed E-state index contributed by atoms with van der Waals surface area (Å²) in [6, 6.07) is 7.36. The Hall–Kier alpha value is -1.35. The number of hydrogen-bond acceptors (Lipinski definition) is 3. The van der Waals surface area contributed by atoms with Crippen molar-refractivity contribution in [1.82, 2.24) is 10.2 Å². The molecule has 0 saturated carbocycles. The lowest BCUT2D eigenvalue weighted by molar-refractivity contribution is 0.533. The van der Waals surface area contributed by atoms with E-state index < -0.39 is 0 Å². The highest BCUT2D eigenvalue weighted by molar-refractivity contribution is 6.33. The van der Waals surface area contributed by atoms with E-state index in [0.29, 0.717) is 16.8 Å². The van der Waals surface area contributed by atoms with Crippen LogP contribution >= 0.6 is 11.6 Å². The highest BCUT2D eigenvalue weighted by Crippen LogP contribution is 2.25. The highest BCUT2D eigenvalue weighted by Gasteiger charge is 2.08. The molecular formula is C11H13ClN2O. The minimum absolute atomic E-state index is 0.461. The third kappa shape index (κ3) is 2.80. The smallest absolute Gasteiger partial charge is 0.249 e. The summed E-state index contributed by atoms with van der Waals surface area (Å²) in [5, 5.41) is 8.22. The third-order valence-electron chi connectivity index (χ3n) is 1.63. The molecule has 0 amide bonds. The van der Waals surface area contributed by atoms with Crippen LogP contribution in [0.4, 0.5) is 0 Å². The van der Waals surface area contributed by atoms with E-state index in [0.717, 1.165) is 5.56 Å². The maximum absolute atomic E-state index is 5.94. The molecule has 80 valence electrons. The predicted octanol–water partition coefficient (Wildman–Crippen LogP) is 3.72. The van der Waals surface area contributed by atoms with Crippen LogP contribution in [0, 0.1) is 6.92 Å². The molecule has 0 aliphatic carbocycles. The molecule has 0 atom stereocenters. The Balaban J connectivity index is 0.000000531. The molecule has 0 fully saturated rings. The third-order valence-corrected chi connectivity index (χ3v) is 1.96. The molecule has 0 aliphatic rings. The van der Waals surface area contributed by atoms with Crippen LogP contribution in [0.3, 0.4) is 0 Å². The normalized spacial score (nSPS) is 9.33. The zero-order valence-corrected chi connectivity index (χ0v) is 9.75. The van der Waals surface area contributed by atoms with Gasteiger partial charge in [0.1, 0.15) is 0 Å². The summed E-state index contributed by atoms with van der Waals surface area (Å²) in [7, 11) is 0. The van der Waals surface area contributed by atoms with Crippen molar-refractivity contribution in [3.8, 4) is 11.5 Å². The van der Waals surface area contributed by atoms with Gasteiger partial charge in [-0.1, -0.05) is 37.6 Å². The van der Waals surface area contributed by atoms with E-state index in [-0.39, 0.29) is 0 Å². The molecule has 1 aromatic heterocycles. The number of aromatic nitrogens is 2. The average molecular weight is 225 g/mol. The van der Waals surface area contributed by atoms with Crippen molar-refractivity contribution in [1.29, 1.82) is 0 Å². The van der Waals surface area contributed by atoms with Gasteiger partial charge in [0.25, 0.3) is 0 Å². The fraction of sp³-hybridized carbons (Fsp3) is 0.273. The van der Waals surface area contributed by atoms with E-state index in [2.05, 4.69) is 10.2 Å². The first-order chi connectivity index (χ1) is 7.27. The summed E-state index contributed by atoms with van der Waals surface area (Å²) in [5.74, 6) is 0.998. The van der Waals surface area contributed by atoms with Crippen LogP contribution in [0.5, 0.6) is 0 Å². The first-order valence-electron chi connectivity index (χ1n) is 4.82. The second-order valence-corrected chi connectivity index (χ2v) is 3.01. The summed E-state index contributed by atoms with van der Waals surface area (Å²) < 4.78 is 5.24. The summed E-state index contributed by atoms with van der Waals surface area (Å²) >= 11 is 5.94. The van der Waals surface area contributed by atoms with Crippen molar-refractivity contribution in [3.05, 3.63) is 35.2 Å². The maximum atomic E-state index is 5.94. The van der Waals surface area contributed by atoms with Crippen molar-refractivity contribution >= 4 is 11.6 Å². The summed E-state index contributed by atoms with van der Waals surface area (Å²) in [4.78, 5) is 0. The quantitative estimate of drug-likeness (QED) is 0.741. The fourth-order valence-corrected chi connectivity index (χ4v) is 1.26. The Labute approximate surface area is 94.1 Å². The van der Waals surface area contributed by atoms with E-state index in [1.54, 1.807) is 13.0 Å². The molecule has 0 bridgehead atoms. The van der Waals surface area contributed by atoms with E-state index in [1.165, 1.54) is 0 Å². The van der Waals surface area contributed by atoms with E-state index in [1.807, 2.05) is 32.0 Å². The monoisotopic (exact) mass is 224 g/mol. The Morgan fingerprint density at radius 2 is 1.80 bits per heavy atom. The summed E-state index contributed by atoms with van der Waals surface area (Å²) in [6.45, 7) is 5.74. The van der Waals surface area contributed by atoms with E-state index in [4.69, 9.17) is 16.0 Å². The largest absolute Gasteiger partial charge is 0.421 e. The number of halogens is 1. The van der Waals surface area contributed by atoms with Gasteiger partial charge in [-0.05, 0) is 12.1 Å². The SMILES string of the molecule is CC.Cc1nnc(-c2ccccc2Cl)o1. The Bertz CT molecular complexity index is 426. The van der Waals surface area contributed by atoms with Crippen LogP contribution in [-0.4, -0.2) is 10.2 Å². The molecule has 1 heterocycles. The Morgan fingerprint density at radius 3 is 2.33 bits per heavy atom. The van der Waals surface area contributed by atoms with Crippen molar-refractivity contribution in [3.63, 3.8) is 0 Å². The summed E-state index contributed by atoms with van der Waals surface area (Å²) in [6.07, 6.45) is 0. The first kappa shape index (κ1) is 11.7. The van der Waals surface area contributed by atoms with Gasteiger partial charge in [0.2, 0.25) is 11.8 Å². The molecule has 0 N–H and O–H groups in total. The van der Waals surface area contributed by atoms with Gasteiger partial charge in [-0.2, -0.15) is 0 Å². The minimum atomic E-state index is 0.461. The van der Waals surface area contributed by atoms with E-state index >= 15 is 0 Å². The number of rotatable bonds is 1. The molecule has 1 aromatic carbocycles. The molecule has 0 saturated heterocycles. The van der Waals surface area contributed by atoms with Gasteiger partial charge in [-0.15, -0.1) is 10.2 Å². The Kier molecular flexibility index (Phi) is 4.31. The van der Waals surface area contributed by atoms with Gasteiger partial charge < -0.3 is 4.42 Å². The van der Waals surface area contributed by atoms with Gasteiger partial charge in [0, 0.05) is 6.92 Å². The Morgan fingerprint density at radius 1 is 1.13 bits per heavy atom. The van der Waals surface area contributed by atoms with Crippen LogP contribution < -0.4 is 0 Å². The van der Waals surface area contributed by atoms with Crippen molar-refractivity contribution in [2.45, 2.75) is 20.8 Å². The second-order valence-electron chi connectivity index (χ2n) is 2.61. The minimum Gasteiger partial charge on any atom is -0.421 e. The molecule has 2 rings (SSSR count). The molecule has 0 spiro atoms. The van der Waals surface area contributed by atoms with Gasteiger partial charge in [0.15, 0.2) is 0 Å². The highest BCUT2D eigenvalue weighted by atomic mass is 35.5. The molecule has 4 heteroatoms. The molecule has 0 radical (unpaired) electrons. The van der Waals surface area contributed by atoms with Crippen LogP contribution in [0.25, 0.3) is 11.5 Å². The van der Waals surface area contributed by atoms with Crippen LogP contribution in [-0.2, 0) is 0 Å². The van der Waals surface area contributed by atoms with Gasteiger partial charge in [-0.25, -0.2) is 0 Å². The molecule has 15 heavy (non-hydrogen) atoms. The number of hydrogen-bond donors (Lipinski definition) is 0. The number of aryl methyl sites for hydroxylation is 1. The lowest BCUT2D eigenvalue weighted by atomic mass is 10.2. The van der Waals surface area contributed by atoms with E-state index in [9.17, 15) is 0 Å². The van der Waals surface area contributed by atoms with Gasteiger partial charge in [-0.3, -0.25) is 0 Å². The number of benzene rings is 1. The zero-order valence-electron chi connectivity index (χ0n) is 8.99. The van der Waals surface area contributed by atoms with Crippen molar-refractivity contribution < 1.29 is 4.42 Å². The van der Waals surface area contributed by atoms with Crippen molar-refractivity contribution in [2.75, 3.05) is 0 Å². The molecule has 0 unspecified atom stereocenters. The average Bonchev–Trinajstić information content (AvgIpc) is 2.68. The van der Waals surface area contributed by atoms with Gasteiger partial charge in [0.05, 0.1) is 10.6 Å². The second kappa shape index (κ2) is 5.51. The fourth-order valence-electron chi connectivity index (χ4n) is 1.04. The van der Waals surface area contributed by atoms with Crippen LogP contribution in [0.15, 0.2) is 28.7 Å². The van der Waals surface area contributed by atoms with Crippen LogP contribution in [0.2, 0.25) is 5.02 Å². The molecule has 0 aliphatic heterocycles. The predicted molar refractivity (Wildman–Crippen MR) is 60.8 cm³/mol. The summed E-state index contributed by atoms with van der Waals surface area (Å²) in [5.41, 5.74) is 0.768. The molecule has 3 nitrogen and oxygen atoms in total.